The molecule has 5 nitrogen and oxygen atoms in total. The molecular weight excluding hydrogens is 394 g/mol. The fraction of sp³-hybridized carbons (Fsp3) is 0.500. The molecule has 2 heterocycles. The summed E-state index contributed by atoms with van der Waals surface area (Å²) in [5.74, 6) is 0. The van der Waals surface area contributed by atoms with Crippen molar-refractivity contribution < 1.29 is 9.47 Å². The summed E-state index contributed by atoms with van der Waals surface area (Å²) in [6.45, 7) is 10.4. The quantitative estimate of drug-likeness (QED) is 0.601. The summed E-state index contributed by atoms with van der Waals surface area (Å²) in [7, 11) is 0. The number of hydrogen-bond acceptors (Lipinski definition) is 6. The highest BCUT2D eigenvalue weighted by Crippen LogP contribution is 2.43. The molecule has 0 aromatic heterocycles. The minimum atomic E-state index is 0.214. The van der Waals surface area contributed by atoms with Crippen LogP contribution in [0, 0.1) is 0 Å². The van der Waals surface area contributed by atoms with Crippen LogP contribution in [0.15, 0.2) is 58.3 Å². The number of rotatable bonds is 9. The first-order chi connectivity index (χ1) is 14.8. The van der Waals surface area contributed by atoms with E-state index in [2.05, 4.69) is 70.6 Å². The van der Waals surface area contributed by atoms with E-state index < -0.39 is 0 Å². The normalized spacial score (nSPS) is 19.6. The van der Waals surface area contributed by atoms with E-state index in [1.165, 1.54) is 21.0 Å². The fourth-order valence-electron chi connectivity index (χ4n) is 4.01. The zero-order valence-electron chi connectivity index (χ0n) is 17.9. The number of para-hydroxylation sites is 1. The molecule has 0 aliphatic carbocycles. The number of ether oxygens (including phenoxy) is 2. The molecule has 2 aromatic carbocycles. The fourth-order valence-corrected chi connectivity index (χ4v) is 5.08. The summed E-state index contributed by atoms with van der Waals surface area (Å²) in [6, 6.07) is 17.4. The Labute approximate surface area is 184 Å². The highest BCUT2D eigenvalue weighted by Gasteiger charge is 2.29. The van der Waals surface area contributed by atoms with Crippen LogP contribution in [0.25, 0.3) is 0 Å². The lowest BCUT2D eigenvalue weighted by Crippen LogP contribution is -2.49. The molecule has 1 atom stereocenters. The van der Waals surface area contributed by atoms with Gasteiger partial charge in [-0.1, -0.05) is 49.0 Å². The number of nitrogens with one attached hydrogen (secondary N) is 1. The maximum absolute atomic E-state index is 5.73. The van der Waals surface area contributed by atoms with Crippen LogP contribution in [0.1, 0.15) is 25.1 Å². The first kappa shape index (κ1) is 21.7. The predicted octanol–water partition coefficient (Wildman–Crippen LogP) is 4.32. The van der Waals surface area contributed by atoms with Crippen molar-refractivity contribution in [3.05, 3.63) is 54.1 Å². The van der Waals surface area contributed by atoms with Gasteiger partial charge in [-0.2, -0.15) is 0 Å². The first-order valence-electron chi connectivity index (χ1n) is 11.1. The third-order valence-corrected chi connectivity index (χ3v) is 6.82. The van der Waals surface area contributed by atoms with E-state index in [9.17, 15) is 0 Å². The van der Waals surface area contributed by atoms with Crippen molar-refractivity contribution in [1.82, 2.24) is 9.80 Å². The van der Waals surface area contributed by atoms with Gasteiger partial charge in [-0.05, 0) is 24.6 Å². The molecule has 0 saturated carbocycles. The molecular formula is C24H33N3O2S. The second-order valence-corrected chi connectivity index (χ2v) is 8.87. The van der Waals surface area contributed by atoms with Crippen LogP contribution in [0.5, 0.6) is 0 Å². The van der Waals surface area contributed by atoms with Gasteiger partial charge < -0.3 is 14.8 Å². The van der Waals surface area contributed by atoms with Crippen LogP contribution in [0.4, 0.5) is 5.69 Å². The van der Waals surface area contributed by atoms with Crippen molar-refractivity contribution in [2.24, 2.45) is 0 Å². The van der Waals surface area contributed by atoms with Crippen molar-refractivity contribution in [3.8, 4) is 0 Å². The van der Waals surface area contributed by atoms with Gasteiger partial charge in [-0.3, -0.25) is 9.80 Å². The molecule has 2 aromatic rings. The van der Waals surface area contributed by atoms with E-state index in [0.717, 1.165) is 52.4 Å². The molecule has 1 unspecified atom stereocenters. The molecule has 0 bridgehead atoms. The Morgan fingerprint density at radius 3 is 2.37 bits per heavy atom. The molecule has 0 radical (unpaired) electrons. The highest BCUT2D eigenvalue weighted by atomic mass is 32.2. The number of anilines is 1. The Morgan fingerprint density at radius 1 is 0.867 bits per heavy atom. The number of fused-ring (bicyclic) bond motifs is 2. The van der Waals surface area contributed by atoms with Gasteiger partial charge in [0.15, 0.2) is 0 Å². The number of piperazine rings is 1. The van der Waals surface area contributed by atoms with Crippen molar-refractivity contribution in [3.63, 3.8) is 0 Å². The molecule has 6 heteroatoms. The average Bonchev–Trinajstić information content (AvgIpc) is 2.96. The van der Waals surface area contributed by atoms with Crippen LogP contribution >= 0.6 is 11.8 Å². The molecule has 1 saturated heterocycles. The van der Waals surface area contributed by atoms with Crippen molar-refractivity contribution >= 4 is 17.4 Å². The van der Waals surface area contributed by atoms with Gasteiger partial charge >= 0.3 is 0 Å². The smallest absolute Gasteiger partial charge is 0.107 e. The Morgan fingerprint density at radius 2 is 1.57 bits per heavy atom. The summed E-state index contributed by atoms with van der Waals surface area (Å²) in [6.07, 6.45) is 1.28. The molecule has 1 fully saturated rings. The van der Waals surface area contributed by atoms with E-state index >= 15 is 0 Å². The van der Waals surface area contributed by atoms with Gasteiger partial charge in [0.25, 0.3) is 0 Å². The van der Waals surface area contributed by atoms with E-state index in [-0.39, 0.29) is 6.17 Å². The maximum atomic E-state index is 5.73. The van der Waals surface area contributed by atoms with E-state index in [1.807, 2.05) is 11.8 Å². The summed E-state index contributed by atoms with van der Waals surface area (Å²) >= 11 is 1.87. The second kappa shape index (κ2) is 11.2. The lowest BCUT2D eigenvalue weighted by molar-refractivity contribution is 0.0291. The van der Waals surface area contributed by atoms with Crippen LogP contribution in [0.2, 0.25) is 0 Å². The van der Waals surface area contributed by atoms with Gasteiger partial charge in [0.1, 0.15) is 6.17 Å². The van der Waals surface area contributed by atoms with Crippen LogP contribution in [-0.2, 0) is 9.47 Å². The minimum Gasteiger partial charge on any atom is -0.379 e. The molecule has 30 heavy (non-hydrogen) atoms. The first-order valence-corrected chi connectivity index (χ1v) is 11.9. The number of benzene rings is 2. The molecule has 0 amide bonds. The summed E-state index contributed by atoms with van der Waals surface area (Å²) < 4.78 is 11.2. The van der Waals surface area contributed by atoms with E-state index in [0.29, 0.717) is 13.2 Å². The number of nitrogens with zero attached hydrogens (tertiary/aromatic N) is 2. The van der Waals surface area contributed by atoms with Gasteiger partial charge in [0.2, 0.25) is 0 Å². The minimum absolute atomic E-state index is 0.214. The lowest BCUT2D eigenvalue weighted by Gasteiger charge is -2.40. The Balaban J connectivity index is 1.31. The van der Waals surface area contributed by atoms with Crippen LogP contribution < -0.4 is 5.32 Å². The van der Waals surface area contributed by atoms with Gasteiger partial charge in [0.05, 0.1) is 19.8 Å². The van der Waals surface area contributed by atoms with Gasteiger partial charge in [-0.25, -0.2) is 0 Å². The summed E-state index contributed by atoms with van der Waals surface area (Å²) in [5.41, 5.74) is 2.60. The number of hydrogen-bond donors (Lipinski definition) is 1. The van der Waals surface area contributed by atoms with Crippen molar-refractivity contribution in [2.45, 2.75) is 29.3 Å². The van der Waals surface area contributed by atoms with Gasteiger partial charge in [0, 0.05) is 60.4 Å². The average molecular weight is 428 g/mol. The van der Waals surface area contributed by atoms with E-state index in [1.54, 1.807) is 0 Å². The Bertz CT molecular complexity index is 796. The van der Waals surface area contributed by atoms with Crippen LogP contribution in [-0.4, -0.2) is 69.0 Å². The van der Waals surface area contributed by atoms with Gasteiger partial charge in [-0.15, -0.1) is 0 Å². The SMILES string of the molecule is CCCOCCOCCN1CCN(C2Nc3ccccc3Sc3ccccc32)CC1. The Hall–Kier alpha value is -1.57. The summed E-state index contributed by atoms with van der Waals surface area (Å²) in [4.78, 5) is 7.74. The Kier molecular flexibility index (Phi) is 8.06. The molecule has 4 rings (SSSR count). The monoisotopic (exact) mass is 427 g/mol. The molecule has 1 N–H and O–H groups in total. The largest absolute Gasteiger partial charge is 0.379 e. The topological polar surface area (TPSA) is 37.0 Å². The molecule has 2 aliphatic heterocycles. The molecule has 0 spiro atoms. The molecule has 2 aliphatic rings. The summed E-state index contributed by atoms with van der Waals surface area (Å²) in [5, 5.41) is 3.82. The van der Waals surface area contributed by atoms with Crippen molar-refractivity contribution in [1.29, 1.82) is 0 Å². The van der Waals surface area contributed by atoms with Crippen LogP contribution in [0.3, 0.4) is 0 Å². The third kappa shape index (κ3) is 5.56. The van der Waals surface area contributed by atoms with E-state index in [4.69, 9.17) is 9.47 Å². The predicted molar refractivity (Wildman–Crippen MR) is 123 cm³/mol. The maximum Gasteiger partial charge on any atom is 0.107 e. The van der Waals surface area contributed by atoms with Crippen molar-refractivity contribution in [2.75, 3.05) is 64.5 Å². The zero-order chi connectivity index (χ0) is 20.6. The highest BCUT2D eigenvalue weighted by molar-refractivity contribution is 7.99. The molecule has 162 valence electrons. The third-order valence-electron chi connectivity index (χ3n) is 5.66. The standard InChI is InChI=1S/C24H33N3O2S/c1-2-16-28-18-19-29-17-15-26-11-13-27(14-12-26)24-20-7-3-5-9-22(20)30-23-10-6-4-8-21(23)25-24/h3-10,24-25H,2,11-19H2,1H3. The second-order valence-electron chi connectivity index (χ2n) is 7.79. The zero-order valence-corrected chi connectivity index (χ0v) is 18.7. The lowest BCUT2D eigenvalue weighted by atomic mass is 10.1.